The number of H-pyrrole nitrogens is 1. The highest BCUT2D eigenvalue weighted by Gasteiger charge is 2.26. The van der Waals surface area contributed by atoms with Crippen molar-refractivity contribution in [3.63, 3.8) is 0 Å². The summed E-state index contributed by atoms with van der Waals surface area (Å²) in [5.41, 5.74) is 4.77. The van der Waals surface area contributed by atoms with Crippen molar-refractivity contribution >= 4 is 5.91 Å². The summed E-state index contributed by atoms with van der Waals surface area (Å²) in [7, 11) is 0. The van der Waals surface area contributed by atoms with Gasteiger partial charge in [0.05, 0.1) is 0 Å². The Kier molecular flexibility index (Phi) is 5.51. The number of fused-ring (bicyclic) bond motifs is 1. The number of amides is 1. The lowest BCUT2D eigenvalue weighted by molar-refractivity contribution is 0.0945. The van der Waals surface area contributed by atoms with Gasteiger partial charge >= 0.3 is 0 Å². The molecule has 0 saturated heterocycles. The molecule has 0 spiro atoms. The van der Waals surface area contributed by atoms with Gasteiger partial charge in [-0.2, -0.15) is 5.10 Å². The van der Waals surface area contributed by atoms with Gasteiger partial charge in [0.2, 0.25) is 0 Å². The first-order valence-corrected chi connectivity index (χ1v) is 9.84. The Hall–Kier alpha value is -2.95. The number of rotatable bonds is 5. The summed E-state index contributed by atoms with van der Waals surface area (Å²) in [5.74, 6) is -0.0841. The average Bonchev–Trinajstić information content (AvgIpc) is 3.05. The van der Waals surface area contributed by atoms with E-state index in [1.807, 2.05) is 42.5 Å². The van der Waals surface area contributed by atoms with Crippen LogP contribution in [0.4, 0.5) is 4.39 Å². The van der Waals surface area contributed by atoms with Gasteiger partial charge in [0.15, 0.2) is 5.69 Å². The number of carbonyl (C=O) groups excluding carboxylic acids is 1. The minimum absolute atomic E-state index is 0.135. The quantitative estimate of drug-likeness (QED) is 0.642. The molecule has 0 bridgehead atoms. The molecule has 4 rings (SSSR count). The summed E-state index contributed by atoms with van der Waals surface area (Å²) >= 11 is 0. The van der Waals surface area contributed by atoms with Crippen LogP contribution in [0.1, 0.15) is 58.1 Å². The largest absolute Gasteiger partial charge is 0.347 e. The molecule has 1 amide bonds. The van der Waals surface area contributed by atoms with Crippen LogP contribution in [0.3, 0.4) is 0 Å². The Labute approximate surface area is 164 Å². The molecule has 0 fully saturated rings. The van der Waals surface area contributed by atoms with Crippen LogP contribution in [0.25, 0.3) is 0 Å². The normalized spacial score (nSPS) is 16.2. The summed E-state index contributed by atoms with van der Waals surface area (Å²) in [6.07, 6.45) is 4.88. The second kappa shape index (κ2) is 8.38. The highest BCUT2D eigenvalue weighted by molar-refractivity contribution is 5.94. The van der Waals surface area contributed by atoms with E-state index in [4.69, 9.17) is 0 Å². The summed E-state index contributed by atoms with van der Waals surface area (Å²) in [5, 5.41) is 10.5. The van der Waals surface area contributed by atoms with Crippen LogP contribution in [-0.4, -0.2) is 16.1 Å². The first-order valence-electron chi connectivity index (χ1n) is 9.84. The number of aromatic nitrogens is 2. The molecule has 1 heterocycles. The predicted molar refractivity (Wildman–Crippen MR) is 107 cm³/mol. The summed E-state index contributed by atoms with van der Waals surface area (Å²) < 4.78 is 13.2. The molecule has 1 aromatic heterocycles. The van der Waals surface area contributed by atoms with Gasteiger partial charge < -0.3 is 5.32 Å². The lowest BCUT2D eigenvalue weighted by Crippen LogP contribution is -2.24. The van der Waals surface area contributed by atoms with Crippen molar-refractivity contribution in [2.45, 2.75) is 44.6 Å². The predicted octanol–water partition coefficient (Wildman–Crippen LogP) is 4.53. The van der Waals surface area contributed by atoms with E-state index in [-0.39, 0.29) is 17.6 Å². The van der Waals surface area contributed by atoms with Crippen LogP contribution in [-0.2, 0) is 19.4 Å². The molecular weight excluding hydrogens is 353 g/mol. The van der Waals surface area contributed by atoms with Gasteiger partial charge in [0, 0.05) is 23.7 Å². The zero-order valence-corrected chi connectivity index (χ0v) is 15.7. The van der Waals surface area contributed by atoms with Gasteiger partial charge in [-0.05, 0) is 48.9 Å². The molecule has 144 valence electrons. The maximum Gasteiger partial charge on any atom is 0.272 e. The van der Waals surface area contributed by atoms with Crippen molar-refractivity contribution in [2.75, 3.05) is 0 Å². The van der Waals surface area contributed by atoms with Crippen molar-refractivity contribution in [3.8, 4) is 0 Å². The standard InChI is InChI=1S/C23H24FN3O/c24-19-12-10-16(11-13-19)14-18-8-4-5-9-20-21(18)26-27-22(20)23(28)25-15-17-6-2-1-3-7-17/h1-3,6-7,10-13,18H,4-5,8-9,14-15H2,(H,25,28)(H,26,27). The van der Waals surface area contributed by atoms with E-state index >= 15 is 0 Å². The van der Waals surface area contributed by atoms with E-state index in [1.165, 1.54) is 12.1 Å². The fraction of sp³-hybridized carbons (Fsp3) is 0.304. The Morgan fingerprint density at radius 3 is 2.64 bits per heavy atom. The van der Waals surface area contributed by atoms with Gasteiger partial charge in [0.1, 0.15) is 5.82 Å². The van der Waals surface area contributed by atoms with Crippen molar-refractivity contribution in [3.05, 3.63) is 88.5 Å². The van der Waals surface area contributed by atoms with Crippen molar-refractivity contribution < 1.29 is 9.18 Å². The third kappa shape index (κ3) is 4.14. The minimum atomic E-state index is -0.218. The zero-order valence-electron chi connectivity index (χ0n) is 15.7. The maximum atomic E-state index is 13.2. The first kappa shape index (κ1) is 18.4. The Bertz CT molecular complexity index is 934. The molecule has 5 heteroatoms. The number of carbonyl (C=O) groups is 1. The molecule has 1 aliphatic carbocycles. The van der Waals surface area contributed by atoms with Crippen LogP contribution in [0.5, 0.6) is 0 Å². The number of aromatic amines is 1. The molecule has 2 N–H and O–H groups in total. The van der Waals surface area contributed by atoms with Gasteiger partial charge in [-0.25, -0.2) is 4.39 Å². The molecule has 1 atom stereocenters. The summed E-state index contributed by atoms with van der Waals surface area (Å²) in [4.78, 5) is 12.7. The number of hydrogen-bond donors (Lipinski definition) is 2. The number of nitrogens with zero attached hydrogens (tertiary/aromatic N) is 1. The van der Waals surface area contributed by atoms with E-state index in [2.05, 4.69) is 15.5 Å². The lowest BCUT2D eigenvalue weighted by Gasteiger charge is -2.14. The smallest absolute Gasteiger partial charge is 0.272 e. The van der Waals surface area contributed by atoms with Gasteiger partial charge in [-0.15, -0.1) is 0 Å². The average molecular weight is 377 g/mol. The SMILES string of the molecule is O=C(NCc1ccccc1)c1n[nH]c2c1CCCCC2Cc1ccc(F)cc1. The third-order valence-electron chi connectivity index (χ3n) is 5.44. The highest BCUT2D eigenvalue weighted by Crippen LogP contribution is 2.33. The number of benzene rings is 2. The van der Waals surface area contributed by atoms with Crippen LogP contribution < -0.4 is 5.32 Å². The Balaban J connectivity index is 1.51. The fourth-order valence-corrected chi connectivity index (χ4v) is 3.97. The first-order chi connectivity index (χ1) is 13.7. The molecule has 2 aromatic carbocycles. The van der Waals surface area contributed by atoms with E-state index in [0.29, 0.717) is 12.2 Å². The molecule has 0 saturated carbocycles. The van der Waals surface area contributed by atoms with E-state index in [1.54, 1.807) is 0 Å². The topological polar surface area (TPSA) is 57.8 Å². The minimum Gasteiger partial charge on any atom is -0.347 e. The highest BCUT2D eigenvalue weighted by atomic mass is 19.1. The summed E-state index contributed by atoms with van der Waals surface area (Å²) in [6.45, 7) is 0.486. The van der Waals surface area contributed by atoms with Gasteiger partial charge in [-0.3, -0.25) is 9.89 Å². The number of halogens is 1. The molecule has 4 nitrogen and oxygen atoms in total. The van der Waals surface area contributed by atoms with Crippen LogP contribution in [0, 0.1) is 5.82 Å². The monoisotopic (exact) mass is 377 g/mol. The van der Waals surface area contributed by atoms with Crippen LogP contribution >= 0.6 is 0 Å². The molecule has 28 heavy (non-hydrogen) atoms. The summed E-state index contributed by atoms with van der Waals surface area (Å²) in [6, 6.07) is 16.5. The van der Waals surface area contributed by atoms with Crippen LogP contribution in [0.2, 0.25) is 0 Å². The van der Waals surface area contributed by atoms with E-state index in [0.717, 1.165) is 54.5 Å². The third-order valence-corrected chi connectivity index (χ3v) is 5.44. The Morgan fingerprint density at radius 2 is 1.86 bits per heavy atom. The van der Waals surface area contributed by atoms with Crippen molar-refractivity contribution in [1.82, 2.24) is 15.5 Å². The van der Waals surface area contributed by atoms with Crippen molar-refractivity contribution in [2.24, 2.45) is 0 Å². The maximum absolute atomic E-state index is 13.2. The number of nitrogens with one attached hydrogen (secondary N) is 2. The fourth-order valence-electron chi connectivity index (χ4n) is 3.97. The zero-order chi connectivity index (χ0) is 19.3. The molecule has 1 aliphatic rings. The van der Waals surface area contributed by atoms with Gasteiger partial charge in [0.25, 0.3) is 5.91 Å². The van der Waals surface area contributed by atoms with Gasteiger partial charge in [-0.1, -0.05) is 48.9 Å². The van der Waals surface area contributed by atoms with E-state index < -0.39 is 0 Å². The second-order valence-electron chi connectivity index (χ2n) is 7.41. The lowest BCUT2D eigenvalue weighted by atomic mass is 9.91. The number of hydrogen-bond acceptors (Lipinski definition) is 2. The van der Waals surface area contributed by atoms with Crippen LogP contribution in [0.15, 0.2) is 54.6 Å². The molecule has 0 radical (unpaired) electrons. The molecule has 1 unspecified atom stereocenters. The molecule has 0 aliphatic heterocycles. The van der Waals surface area contributed by atoms with Crippen molar-refractivity contribution in [1.29, 1.82) is 0 Å². The van der Waals surface area contributed by atoms with E-state index in [9.17, 15) is 9.18 Å². The molecule has 3 aromatic rings. The Morgan fingerprint density at radius 1 is 1.07 bits per heavy atom. The molecular formula is C23H24FN3O. The second-order valence-corrected chi connectivity index (χ2v) is 7.41.